The predicted octanol–water partition coefficient (Wildman–Crippen LogP) is -5.81. The van der Waals surface area contributed by atoms with E-state index >= 15 is 0 Å². The van der Waals surface area contributed by atoms with Crippen LogP contribution in [0.15, 0.2) is 30.5 Å². The number of aliphatic hydroxyl groups is 3. The van der Waals surface area contributed by atoms with Crippen molar-refractivity contribution >= 4 is 64.1 Å². The maximum absolute atomic E-state index is 13.7. The quantitative estimate of drug-likeness (QED) is 0.0392. The summed E-state index contributed by atoms with van der Waals surface area (Å²) in [5, 5.41) is 59.4. The fourth-order valence-electron chi connectivity index (χ4n) is 5.85. The second-order valence-electron chi connectivity index (χ2n) is 14.5. The average Bonchev–Trinajstić information content (AvgIpc) is 3.63. The van der Waals surface area contributed by atoms with Crippen LogP contribution in [0.2, 0.25) is 0 Å². The summed E-state index contributed by atoms with van der Waals surface area (Å²) in [5.74, 6) is -8.76. The Morgan fingerprint density at radius 1 is 0.613 bits per heavy atom. The lowest BCUT2D eigenvalue weighted by Crippen LogP contribution is -2.61. The molecule has 9 atom stereocenters. The molecule has 0 fully saturated rings. The molecular weight excluding hydrogens is 818 g/mol. The molecule has 2 rings (SSSR count). The number of aliphatic carboxylic acids is 1. The number of amides is 8. The Balaban J connectivity index is 2.09. The van der Waals surface area contributed by atoms with Gasteiger partial charge in [-0.15, -0.1) is 0 Å². The molecule has 344 valence electrons. The van der Waals surface area contributed by atoms with Gasteiger partial charge in [-0.3, -0.25) is 38.4 Å². The van der Waals surface area contributed by atoms with Crippen LogP contribution in [-0.4, -0.2) is 159 Å². The molecule has 8 amide bonds. The first-order valence-corrected chi connectivity index (χ1v) is 19.8. The van der Waals surface area contributed by atoms with Gasteiger partial charge in [0.25, 0.3) is 0 Å². The number of aliphatic hydroxyl groups excluding tert-OH is 3. The number of fused-ring (bicyclic) bond motifs is 1. The van der Waals surface area contributed by atoms with Crippen molar-refractivity contribution < 1.29 is 63.6 Å². The molecule has 1 aromatic carbocycles. The Kier molecular flexibility index (Phi) is 21.4. The van der Waals surface area contributed by atoms with E-state index in [1.54, 1.807) is 30.5 Å². The van der Waals surface area contributed by atoms with Gasteiger partial charge in [0.2, 0.25) is 47.3 Å². The number of hydrogen-bond donors (Lipinski definition) is 15. The Bertz CT molecular complexity index is 1890. The number of unbranched alkanes of at least 4 members (excludes halogenated alkanes) is 1. The molecule has 0 saturated carbocycles. The number of hydrogen-bond acceptors (Lipinski definition) is 14. The normalized spacial score (nSPS) is 15.4. The second kappa shape index (κ2) is 25.5. The Labute approximate surface area is 356 Å². The highest BCUT2D eigenvalue weighted by molar-refractivity contribution is 5.97. The van der Waals surface area contributed by atoms with Crippen LogP contribution in [0.5, 0.6) is 0 Å². The summed E-state index contributed by atoms with van der Waals surface area (Å²) in [5.41, 5.74) is 12.0. The zero-order chi connectivity index (χ0) is 46.7. The molecule has 1 heterocycles. The summed E-state index contributed by atoms with van der Waals surface area (Å²) in [6, 6.07) is -1.83. The SMILES string of the molecule is C[C@H](NC(=O)[C@@H](NC(=O)CNC(=O)CNC(=O)[C@@H](NC(=O)CN)[C@@H](C)O)[C@@H](C)O)C(=O)N[C@H](C(=O)N[C@@H](Cc1c[nH]c2ccccc12)C(=O)N[C@@H](CCCCN)C(=O)O)[C@@H](C)O. The number of nitrogens with two attached hydrogens (primary N) is 2. The molecule has 0 aliphatic rings. The minimum atomic E-state index is -1.71. The van der Waals surface area contributed by atoms with Gasteiger partial charge in [0.05, 0.1) is 37.9 Å². The van der Waals surface area contributed by atoms with Crippen LogP contribution in [0, 0.1) is 0 Å². The van der Waals surface area contributed by atoms with Gasteiger partial charge in [-0.2, -0.15) is 0 Å². The number of aromatic amines is 1. The molecule has 2 aromatic rings. The summed E-state index contributed by atoms with van der Waals surface area (Å²) in [4.78, 5) is 117. The summed E-state index contributed by atoms with van der Waals surface area (Å²) >= 11 is 0. The molecule has 24 nitrogen and oxygen atoms in total. The first-order valence-electron chi connectivity index (χ1n) is 19.8. The maximum Gasteiger partial charge on any atom is 0.326 e. The first kappa shape index (κ1) is 51.9. The Morgan fingerprint density at radius 2 is 1.16 bits per heavy atom. The van der Waals surface area contributed by atoms with E-state index in [0.29, 0.717) is 24.9 Å². The van der Waals surface area contributed by atoms with Gasteiger partial charge in [0.1, 0.15) is 36.3 Å². The number of para-hydroxylation sites is 1. The highest BCUT2D eigenvalue weighted by Gasteiger charge is 2.34. The van der Waals surface area contributed by atoms with Gasteiger partial charge in [-0.25, -0.2) is 4.79 Å². The van der Waals surface area contributed by atoms with Crippen molar-refractivity contribution in [1.29, 1.82) is 0 Å². The third-order valence-corrected chi connectivity index (χ3v) is 9.33. The van der Waals surface area contributed by atoms with Crippen molar-refractivity contribution in [3.63, 3.8) is 0 Å². The lowest BCUT2D eigenvalue weighted by molar-refractivity contribution is -0.142. The van der Waals surface area contributed by atoms with Gasteiger partial charge in [0.15, 0.2) is 0 Å². The molecule has 17 N–H and O–H groups in total. The molecule has 0 saturated heterocycles. The van der Waals surface area contributed by atoms with Crippen LogP contribution >= 0.6 is 0 Å². The van der Waals surface area contributed by atoms with E-state index in [1.807, 2.05) is 0 Å². The summed E-state index contributed by atoms with van der Waals surface area (Å²) < 4.78 is 0. The van der Waals surface area contributed by atoms with Crippen molar-refractivity contribution in [3.05, 3.63) is 36.0 Å². The van der Waals surface area contributed by atoms with Crippen molar-refractivity contribution in [2.75, 3.05) is 26.2 Å². The number of nitrogens with one attached hydrogen (secondary N) is 9. The van der Waals surface area contributed by atoms with Gasteiger partial charge < -0.3 is 79.4 Å². The lowest BCUT2D eigenvalue weighted by atomic mass is 10.0. The Hall–Kier alpha value is -6.21. The number of aromatic nitrogens is 1. The minimum Gasteiger partial charge on any atom is -0.480 e. The summed E-state index contributed by atoms with van der Waals surface area (Å²) in [6.07, 6.45) is -1.97. The molecule has 24 heteroatoms. The van der Waals surface area contributed by atoms with E-state index in [1.165, 1.54) is 20.8 Å². The number of carboxylic acids is 1. The van der Waals surface area contributed by atoms with Gasteiger partial charge >= 0.3 is 5.97 Å². The molecule has 0 radical (unpaired) electrons. The number of rotatable bonds is 26. The van der Waals surface area contributed by atoms with Crippen LogP contribution in [0.3, 0.4) is 0 Å². The van der Waals surface area contributed by atoms with E-state index in [9.17, 15) is 63.6 Å². The Morgan fingerprint density at radius 3 is 1.76 bits per heavy atom. The van der Waals surface area contributed by atoms with Gasteiger partial charge in [-0.1, -0.05) is 18.2 Å². The standard InChI is InChI=1S/C38H59N11O13/c1-18(44-36(59)31(20(3)51)48-29(55)17-42-28(54)16-43-35(58)30(19(2)50)47-27(53)14-40)33(56)49-32(21(4)52)37(60)46-26(13-22-15-41-24-10-6-5-9-23(22)24)34(57)45-25(38(61)62)11-7-8-12-39/h5-6,9-10,15,18-21,25-26,30-32,41,50-52H,7-8,11-14,16-17,39-40H2,1-4H3,(H,42,54)(H,43,58)(H,44,59)(H,45,57)(H,46,60)(H,47,53)(H,48,55)(H,49,56)(H,61,62)/t18-,19+,20+,21+,25-,26-,30-,31-,32-/m0/s1. The summed E-state index contributed by atoms with van der Waals surface area (Å²) in [6.45, 7) is 3.20. The largest absolute Gasteiger partial charge is 0.480 e. The van der Waals surface area contributed by atoms with Crippen LogP contribution in [-0.2, 0) is 49.6 Å². The third kappa shape index (κ3) is 16.7. The molecule has 1 aromatic heterocycles. The van der Waals surface area contributed by atoms with E-state index in [4.69, 9.17) is 11.5 Å². The van der Waals surface area contributed by atoms with Crippen LogP contribution in [0.1, 0.15) is 52.5 Å². The zero-order valence-electron chi connectivity index (χ0n) is 34.9. The fraction of sp³-hybridized carbons (Fsp3) is 0.553. The lowest BCUT2D eigenvalue weighted by Gasteiger charge is -2.27. The highest BCUT2D eigenvalue weighted by atomic mass is 16.4. The highest BCUT2D eigenvalue weighted by Crippen LogP contribution is 2.19. The summed E-state index contributed by atoms with van der Waals surface area (Å²) in [7, 11) is 0. The minimum absolute atomic E-state index is 0.0614. The number of carbonyl (C=O) groups is 9. The zero-order valence-corrected chi connectivity index (χ0v) is 34.9. The smallest absolute Gasteiger partial charge is 0.326 e. The third-order valence-electron chi connectivity index (χ3n) is 9.33. The van der Waals surface area contributed by atoms with Gasteiger partial charge in [-0.05, 0) is 65.1 Å². The van der Waals surface area contributed by atoms with Crippen LogP contribution in [0.25, 0.3) is 10.9 Å². The van der Waals surface area contributed by atoms with E-state index in [0.717, 1.165) is 17.8 Å². The predicted molar refractivity (Wildman–Crippen MR) is 220 cm³/mol. The maximum atomic E-state index is 13.7. The number of H-pyrrole nitrogens is 1. The van der Waals surface area contributed by atoms with Crippen molar-refractivity contribution in [1.82, 2.24) is 47.5 Å². The van der Waals surface area contributed by atoms with E-state index < -0.39 is 127 Å². The van der Waals surface area contributed by atoms with Crippen LogP contribution < -0.4 is 54.0 Å². The van der Waals surface area contributed by atoms with Crippen LogP contribution in [0.4, 0.5) is 0 Å². The van der Waals surface area contributed by atoms with Crippen molar-refractivity contribution in [3.8, 4) is 0 Å². The molecular formula is C38H59N11O13. The number of benzene rings is 1. The molecule has 0 aliphatic heterocycles. The number of carbonyl (C=O) groups excluding carboxylic acids is 8. The van der Waals surface area contributed by atoms with E-state index in [-0.39, 0.29) is 12.8 Å². The fourth-order valence-corrected chi connectivity index (χ4v) is 5.85. The molecule has 0 bridgehead atoms. The average molecular weight is 878 g/mol. The van der Waals surface area contributed by atoms with Gasteiger partial charge in [0, 0.05) is 23.5 Å². The topological polar surface area (TPSA) is 399 Å². The van der Waals surface area contributed by atoms with Crippen molar-refractivity contribution in [2.45, 2.75) is 108 Å². The first-order chi connectivity index (χ1) is 29.2. The molecule has 0 spiro atoms. The van der Waals surface area contributed by atoms with E-state index in [2.05, 4.69) is 47.5 Å². The molecule has 0 aliphatic carbocycles. The number of carboxylic acid groups (broad SMARTS) is 1. The monoisotopic (exact) mass is 877 g/mol. The molecule has 62 heavy (non-hydrogen) atoms. The molecule has 0 unspecified atom stereocenters. The van der Waals surface area contributed by atoms with Crippen molar-refractivity contribution in [2.24, 2.45) is 11.5 Å². The second-order valence-corrected chi connectivity index (χ2v) is 14.5.